The van der Waals surface area contributed by atoms with Crippen LogP contribution >= 0.6 is 11.3 Å². The first kappa shape index (κ1) is 15.9. The molecular formula is C13H19N3O4S. The Morgan fingerprint density at radius 3 is 2.86 bits per heavy atom. The van der Waals surface area contributed by atoms with Gasteiger partial charge < -0.3 is 15.2 Å². The second-order valence-electron chi connectivity index (χ2n) is 5.01. The van der Waals surface area contributed by atoms with Gasteiger partial charge in [-0.2, -0.15) is 0 Å². The van der Waals surface area contributed by atoms with Crippen LogP contribution in [0.25, 0.3) is 0 Å². The fourth-order valence-electron chi connectivity index (χ4n) is 2.24. The number of carboxylic acids is 1. The van der Waals surface area contributed by atoms with Gasteiger partial charge in [0.25, 0.3) is 0 Å². The number of anilines is 1. The summed E-state index contributed by atoms with van der Waals surface area (Å²) < 4.78 is 5.30. The van der Waals surface area contributed by atoms with Crippen LogP contribution in [0.1, 0.15) is 25.5 Å². The van der Waals surface area contributed by atoms with Crippen molar-refractivity contribution in [3.63, 3.8) is 0 Å². The first-order valence-electron chi connectivity index (χ1n) is 6.80. The van der Waals surface area contributed by atoms with Crippen molar-refractivity contribution in [2.75, 3.05) is 25.0 Å². The molecule has 116 valence electrons. The normalized spacial score (nSPS) is 16.8. The zero-order valence-corrected chi connectivity index (χ0v) is 12.7. The lowest BCUT2D eigenvalue weighted by Crippen LogP contribution is -2.37. The number of carbonyl (C=O) groups excluding carboxylic acids is 1. The molecule has 0 aliphatic carbocycles. The van der Waals surface area contributed by atoms with Crippen LogP contribution in [-0.4, -0.2) is 52.7 Å². The summed E-state index contributed by atoms with van der Waals surface area (Å²) in [5.74, 6) is -1.04. The van der Waals surface area contributed by atoms with E-state index >= 15 is 0 Å². The fraction of sp³-hybridized carbons (Fsp3) is 0.615. The maximum atomic E-state index is 10.9. The second-order valence-corrected chi connectivity index (χ2v) is 5.86. The lowest BCUT2D eigenvalue weighted by atomic mass is 10.1. The maximum Gasteiger partial charge on any atom is 0.329 e. The Morgan fingerprint density at radius 2 is 2.24 bits per heavy atom. The van der Waals surface area contributed by atoms with Crippen LogP contribution in [-0.2, 0) is 20.9 Å². The lowest BCUT2D eigenvalue weighted by Gasteiger charge is -2.31. The number of hydrogen-bond donors (Lipinski definition) is 2. The molecule has 1 aromatic rings. The Hall–Kier alpha value is -1.51. The zero-order chi connectivity index (χ0) is 15.2. The number of ether oxygens (including phenoxy) is 1. The first-order valence-corrected chi connectivity index (χ1v) is 7.68. The summed E-state index contributed by atoms with van der Waals surface area (Å²) in [5, 5.41) is 13.8. The third-order valence-corrected chi connectivity index (χ3v) is 4.00. The van der Waals surface area contributed by atoms with Gasteiger partial charge >= 0.3 is 5.97 Å². The van der Waals surface area contributed by atoms with E-state index in [0.717, 1.165) is 38.2 Å². The van der Waals surface area contributed by atoms with Gasteiger partial charge in [0.2, 0.25) is 5.91 Å². The van der Waals surface area contributed by atoms with Crippen LogP contribution in [0, 0.1) is 0 Å². The molecule has 0 aromatic carbocycles. The Kier molecular flexibility index (Phi) is 5.66. The molecule has 1 amide bonds. The van der Waals surface area contributed by atoms with Crippen LogP contribution in [0.3, 0.4) is 0 Å². The van der Waals surface area contributed by atoms with Gasteiger partial charge in [-0.1, -0.05) is 0 Å². The molecule has 7 nitrogen and oxygen atoms in total. The highest BCUT2D eigenvalue weighted by atomic mass is 32.1. The minimum atomic E-state index is -0.926. The highest BCUT2D eigenvalue weighted by molar-refractivity contribution is 7.13. The molecule has 0 unspecified atom stereocenters. The van der Waals surface area contributed by atoms with E-state index in [9.17, 15) is 9.59 Å². The molecule has 0 spiro atoms. The van der Waals surface area contributed by atoms with E-state index < -0.39 is 5.97 Å². The van der Waals surface area contributed by atoms with Gasteiger partial charge in [-0.25, -0.2) is 9.78 Å². The Labute approximate surface area is 126 Å². The number of piperidine rings is 1. The largest absolute Gasteiger partial charge is 0.480 e. The quantitative estimate of drug-likeness (QED) is 0.819. The SMILES string of the molecule is CC(=O)Nc1nc(CN2CCC(OCC(=O)O)CC2)cs1. The zero-order valence-electron chi connectivity index (χ0n) is 11.9. The van der Waals surface area contributed by atoms with Crippen molar-refractivity contribution in [3.8, 4) is 0 Å². The molecule has 0 bridgehead atoms. The molecule has 1 fully saturated rings. The van der Waals surface area contributed by atoms with Gasteiger partial charge in [-0.05, 0) is 12.8 Å². The fourth-order valence-corrected chi connectivity index (χ4v) is 2.99. The number of likely N-dealkylation sites (tertiary alicyclic amines) is 1. The van der Waals surface area contributed by atoms with E-state index in [1.807, 2.05) is 5.38 Å². The number of carbonyl (C=O) groups is 2. The van der Waals surface area contributed by atoms with Crippen molar-refractivity contribution >= 4 is 28.3 Å². The number of hydrogen-bond acceptors (Lipinski definition) is 6. The number of thiazole rings is 1. The van der Waals surface area contributed by atoms with Crippen LogP contribution < -0.4 is 5.32 Å². The molecule has 0 radical (unpaired) electrons. The van der Waals surface area contributed by atoms with Crippen molar-refractivity contribution in [3.05, 3.63) is 11.1 Å². The molecule has 21 heavy (non-hydrogen) atoms. The second kappa shape index (κ2) is 7.48. The Morgan fingerprint density at radius 1 is 1.52 bits per heavy atom. The molecule has 2 rings (SSSR count). The monoisotopic (exact) mass is 313 g/mol. The number of aliphatic carboxylic acids is 1. The summed E-state index contributed by atoms with van der Waals surface area (Å²) in [6.07, 6.45) is 1.69. The third-order valence-electron chi connectivity index (χ3n) is 3.20. The number of carboxylic acid groups (broad SMARTS) is 1. The van der Waals surface area contributed by atoms with Crippen LogP contribution in [0.4, 0.5) is 5.13 Å². The maximum absolute atomic E-state index is 10.9. The van der Waals surface area contributed by atoms with Gasteiger partial charge in [0.15, 0.2) is 5.13 Å². The first-order chi connectivity index (χ1) is 10.0. The van der Waals surface area contributed by atoms with Gasteiger partial charge in [0.1, 0.15) is 6.61 Å². The highest BCUT2D eigenvalue weighted by Gasteiger charge is 2.21. The van der Waals surface area contributed by atoms with Gasteiger partial charge in [0, 0.05) is 31.9 Å². The van der Waals surface area contributed by atoms with Crippen molar-refractivity contribution < 1.29 is 19.4 Å². The minimum absolute atomic E-state index is 0.0303. The van der Waals surface area contributed by atoms with Crippen LogP contribution in [0.5, 0.6) is 0 Å². The summed E-state index contributed by atoms with van der Waals surface area (Å²) in [7, 11) is 0. The van der Waals surface area contributed by atoms with E-state index in [1.165, 1.54) is 18.3 Å². The van der Waals surface area contributed by atoms with E-state index in [4.69, 9.17) is 9.84 Å². The predicted molar refractivity (Wildman–Crippen MR) is 78.3 cm³/mol. The Balaban J connectivity index is 1.74. The summed E-state index contributed by atoms with van der Waals surface area (Å²) >= 11 is 1.42. The molecule has 1 saturated heterocycles. The molecule has 8 heteroatoms. The molecule has 2 heterocycles. The van der Waals surface area contributed by atoms with Crippen molar-refractivity contribution in [2.24, 2.45) is 0 Å². The standard InChI is InChI=1S/C13H19N3O4S/c1-9(17)14-13-15-10(8-21-13)6-16-4-2-11(3-5-16)20-7-12(18)19/h8,11H,2-7H2,1H3,(H,18,19)(H,14,15,17). The van der Waals surface area contributed by atoms with E-state index in [-0.39, 0.29) is 18.6 Å². The Bertz CT molecular complexity index is 497. The van der Waals surface area contributed by atoms with Crippen molar-refractivity contribution in [1.29, 1.82) is 0 Å². The summed E-state index contributed by atoms with van der Waals surface area (Å²) in [5.41, 5.74) is 0.939. The van der Waals surface area contributed by atoms with E-state index in [1.54, 1.807) is 0 Å². The number of nitrogens with zero attached hydrogens (tertiary/aromatic N) is 2. The molecule has 0 atom stereocenters. The van der Waals surface area contributed by atoms with Crippen LogP contribution in [0.15, 0.2) is 5.38 Å². The molecular weight excluding hydrogens is 294 g/mol. The topological polar surface area (TPSA) is 91.8 Å². The van der Waals surface area contributed by atoms with Crippen molar-refractivity contribution in [2.45, 2.75) is 32.4 Å². The van der Waals surface area contributed by atoms with E-state index in [2.05, 4.69) is 15.2 Å². The number of nitrogens with one attached hydrogen (secondary N) is 1. The average Bonchev–Trinajstić information content (AvgIpc) is 2.84. The third kappa shape index (κ3) is 5.41. The summed E-state index contributed by atoms with van der Waals surface area (Å²) in [6, 6.07) is 0. The number of amides is 1. The lowest BCUT2D eigenvalue weighted by molar-refractivity contribution is -0.145. The minimum Gasteiger partial charge on any atom is -0.480 e. The van der Waals surface area contributed by atoms with Gasteiger partial charge in [-0.3, -0.25) is 9.69 Å². The molecule has 1 aliphatic rings. The molecule has 2 N–H and O–H groups in total. The van der Waals surface area contributed by atoms with Crippen LogP contribution in [0.2, 0.25) is 0 Å². The predicted octanol–water partition coefficient (Wildman–Crippen LogP) is 1.17. The molecule has 1 aromatic heterocycles. The molecule has 0 saturated carbocycles. The smallest absolute Gasteiger partial charge is 0.329 e. The van der Waals surface area contributed by atoms with Gasteiger partial charge in [0.05, 0.1) is 11.8 Å². The summed E-state index contributed by atoms with van der Waals surface area (Å²) in [6.45, 7) is 3.69. The summed E-state index contributed by atoms with van der Waals surface area (Å²) in [4.78, 5) is 28.0. The highest BCUT2D eigenvalue weighted by Crippen LogP contribution is 2.19. The number of rotatable bonds is 6. The van der Waals surface area contributed by atoms with Gasteiger partial charge in [-0.15, -0.1) is 11.3 Å². The average molecular weight is 313 g/mol. The molecule has 1 aliphatic heterocycles. The van der Waals surface area contributed by atoms with E-state index in [0.29, 0.717) is 5.13 Å². The van der Waals surface area contributed by atoms with Crippen molar-refractivity contribution in [1.82, 2.24) is 9.88 Å². The number of aromatic nitrogens is 1.